The molecule has 1 aromatic heterocycles. The molecule has 0 aromatic carbocycles. The number of allylic oxidation sites excluding steroid dienone is 1. The van der Waals surface area contributed by atoms with Crippen LogP contribution in [0.25, 0.3) is 0 Å². The van der Waals surface area contributed by atoms with E-state index in [9.17, 15) is 0 Å². The largest absolute Gasteiger partial charge is 0.310 e. The number of nitrogens with zero attached hydrogens (tertiary/aromatic N) is 1. The molecule has 0 saturated heterocycles. The fraction of sp³-hybridized carbons (Fsp3) is 0.562. The van der Waals surface area contributed by atoms with Gasteiger partial charge in [-0.2, -0.15) is 0 Å². The summed E-state index contributed by atoms with van der Waals surface area (Å²) in [4.78, 5) is 4.45. The van der Waals surface area contributed by atoms with Crippen molar-refractivity contribution in [1.29, 1.82) is 0 Å². The van der Waals surface area contributed by atoms with E-state index in [1.165, 1.54) is 18.4 Å². The van der Waals surface area contributed by atoms with E-state index in [1.807, 2.05) is 6.08 Å². The minimum atomic E-state index is 0.449. The molecule has 0 amide bonds. The first-order valence-electron chi connectivity index (χ1n) is 6.96. The Morgan fingerprint density at radius 2 is 2.00 bits per heavy atom. The average molecular weight is 246 g/mol. The standard InChI is InChI=1S/C16H26N2/c1-5-7-8-9-16(17-10-6-2)15-11-13(3)18-14(4)12-15/h5,11-12,16-17H,1,6-10H2,2-4H3. The highest BCUT2D eigenvalue weighted by molar-refractivity contribution is 5.23. The van der Waals surface area contributed by atoms with Gasteiger partial charge < -0.3 is 5.32 Å². The van der Waals surface area contributed by atoms with Crippen LogP contribution in [-0.2, 0) is 0 Å². The van der Waals surface area contributed by atoms with E-state index in [0.717, 1.165) is 30.8 Å². The number of hydrogen-bond donors (Lipinski definition) is 1. The molecular weight excluding hydrogens is 220 g/mol. The van der Waals surface area contributed by atoms with Crippen LogP contribution < -0.4 is 5.32 Å². The molecule has 1 N–H and O–H groups in total. The van der Waals surface area contributed by atoms with Gasteiger partial charge in [-0.15, -0.1) is 6.58 Å². The Morgan fingerprint density at radius 3 is 2.56 bits per heavy atom. The molecule has 1 unspecified atom stereocenters. The van der Waals surface area contributed by atoms with E-state index < -0.39 is 0 Å². The molecule has 2 heteroatoms. The third-order valence-electron chi connectivity index (χ3n) is 3.05. The molecule has 1 rings (SSSR count). The van der Waals surface area contributed by atoms with Crippen LogP contribution in [0.15, 0.2) is 24.8 Å². The summed E-state index contributed by atoms with van der Waals surface area (Å²) in [5.41, 5.74) is 3.59. The van der Waals surface area contributed by atoms with Crippen molar-refractivity contribution in [3.05, 3.63) is 41.7 Å². The average Bonchev–Trinajstić information content (AvgIpc) is 2.32. The van der Waals surface area contributed by atoms with Crippen molar-refractivity contribution >= 4 is 0 Å². The Bertz CT molecular complexity index is 351. The van der Waals surface area contributed by atoms with Crippen molar-refractivity contribution in [1.82, 2.24) is 10.3 Å². The molecule has 0 saturated carbocycles. The second kappa shape index (κ2) is 8.04. The Hall–Kier alpha value is -1.15. The monoisotopic (exact) mass is 246 g/mol. The Morgan fingerprint density at radius 1 is 1.33 bits per heavy atom. The molecule has 1 atom stereocenters. The predicted molar refractivity (Wildman–Crippen MR) is 78.8 cm³/mol. The maximum absolute atomic E-state index is 4.45. The van der Waals surface area contributed by atoms with Crippen molar-refractivity contribution in [2.45, 2.75) is 52.5 Å². The van der Waals surface area contributed by atoms with E-state index in [0.29, 0.717) is 6.04 Å². The third-order valence-corrected chi connectivity index (χ3v) is 3.05. The molecular formula is C16H26N2. The highest BCUT2D eigenvalue weighted by atomic mass is 14.9. The summed E-state index contributed by atoms with van der Waals surface area (Å²) < 4.78 is 0. The number of aromatic nitrogens is 1. The van der Waals surface area contributed by atoms with Crippen LogP contribution in [0.3, 0.4) is 0 Å². The number of nitrogens with one attached hydrogen (secondary N) is 1. The van der Waals surface area contributed by atoms with Crippen molar-refractivity contribution in [3.63, 3.8) is 0 Å². The Labute approximate surface area is 112 Å². The molecule has 2 nitrogen and oxygen atoms in total. The van der Waals surface area contributed by atoms with E-state index in [-0.39, 0.29) is 0 Å². The lowest BCUT2D eigenvalue weighted by atomic mass is 10.00. The number of rotatable bonds is 8. The van der Waals surface area contributed by atoms with Gasteiger partial charge in [0, 0.05) is 17.4 Å². The molecule has 0 bridgehead atoms. The molecule has 0 aliphatic heterocycles. The van der Waals surface area contributed by atoms with Crippen LogP contribution >= 0.6 is 0 Å². The Kier molecular flexibility index (Phi) is 6.66. The quantitative estimate of drug-likeness (QED) is 0.552. The first kappa shape index (κ1) is 14.9. The summed E-state index contributed by atoms with van der Waals surface area (Å²) >= 11 is 0. The third kappa shape index (κ3) is 5.01. The van der Waals surface area contributed by atoms with Crippen LogP contribution in [0.1, 0.15) is 55.6 Å². The molecule has 0 spiro atoms. The van der Waals surface area contributed by atoms with Crippen LogP contribution in [-0.4, -0.2) is 11.5 Å². The summed E-state index contributed by atoms with van der Waals surface area (Å²) in [6.45, 7) is 11.2. The Balaban J connectivity index is 2.75. The van der Waals surface area contributed by atoms with Gasteiger partial charge >= 0.3 is 0 Å². The van der Waals surface area contributed by atoms with E-state index in [2.05, 4.69) is 49.8 Å². The van der Waals surface area contributed by atoms with Gasteiger partial charge in [-0.25, -0.2) is 0 Å². The zero-order valence-electron chi connectivity index (χ0n) is 12.0. The zero-order valence-corrected chi connectivity index (χ0v) is 12.0. The summed E-state index contributed by atoms with van der Waals surface area (Å²) in [7, 11) is 0. The summed E-state index contributed by atoms with van der Waals surface area (Å²) in [5, 5.41) is 3.64. The predicted octanol–water partition coefficient (Wildman–Crippen LogP) is 4.10. The number of hydrogen-bond acceptors (Lipinski definition) is 2. The maximum Gasteiger partial charge on any atom is 0.0379 e. The molecule has 0 aliphatic rings. The zero-order chi connectivity index (χ0) is 13.4. The smallest absolute Gasteiger partial charge is 0.0379 e. The molecule has 0 aliphatic carbocycles. The van der Waals surface area contributed by atoms with Gasteiger partial charge in [-0.1, -0.05) is 13.0 Å². The summed E-state index contributed by atoms with van der Waals surface area (Å²) in [6, 6.07) is 4.85. The SMILES string of the molecule is C=CCCCC(NCCC)c1cc(C)nc(C)c1. The molecule has 100 valence electrons. The molecule has 1 heterocycles. The van der Waals surface area contributed by atoms with Crippen LogP contribution in [0, 0.1) is 13.8 Å². The van der Waals surface area contributed by atoms with Crippen molar-refractivity contribution in [3.8, 4) is 0 Å². The summed E-state index contributed by atoms with van der Waals surface area (Å²) in [6.07, 6.45) is 6.61. The van der Waals surface area contributed by atoms with E-state index in [1.54, 1.807) is 0 Å². The number of unbranched alkanes of at least 4 members (excludes halogenated alkanes) is 1. The van der Waals surface area contributed by atoms with Gasteiger partial charge in [0.2, 0.25) is 0 Å². The molecule has 0 radical (unpaired) electrons. The van der Waals surface area contributed by atoms with Crippen LogP contribution in [0.2, 0.25) is 0 Å². The van der Waals surface area contributed by atoms with Crippen molar-refractivity contribution < 1.29 is 0 Å². The lowest BCUT2D eigenvalue weighted by Gasteiger charge is -2.19. The van der Waals surface area contributed by atoms with E-state index >= 15 is 0 Å². The highest BCUT2D eigenvalue weighted by Gasteiger charge is 2.11. The van der Waals surface area contributed by atoms with Crippen LogP contribution in [0.5, 0.6) is 0 Å². The maximum atomic E-state index is 4.45. The highest BCUT2D eigenvalue weighted by Crippen LogP contribution is 2.21. The minimum Gasteiger partial charge on any atom is -0.310 e. The van der Waals surface area contributed by atoms with Gasteiger partial charge in [-0.05, 0) is 63.8 Å². The first-order chi connectivity index (χ1) is 8.67. The van der Waals surface area contributed by atoms with Crippen molar-refractivity contribution in [2.75, 3.05) is 6.54 Å². The van der Waals surface area contributed by atoms with E-state index in [4.69, 9.17) is 0 Å². The second-order valence-electron chi connectivity index (χ2n) is 4.91. The minimum absolute atomic E-state index is 0.449. The van der Waals surface area contributed by atoms with Crippen LogP contribution in [0.4, 0.5) is 0 Å². The lowest BCUT2D eigenvalue weighted by molar-refractivity contribution is 0.485. The second-order valence-corrected chi connectivity index (χ2v) is 4.91. The fourth-order valence-electron chi connectivity index (χ4n) is 2.24. The summed E-state index contributed by atoms with van der Waals surface area (Å²) in [5.74, 6) is 0. The van der Waals surface area contributed by atoms with Gasteiger partial charge in [0.05, 0.1) is 0 Å². The van der Waals surface area contributed by atoms with Gasteiger partial charge in [0.15, 0.2) is 0 Å². The van der Waals surface area contributed by atoms with Gasteiger partial charge in [0.25, 0.3) is 0 Å². The molecule has 1 aromatic rings. The van der Waals surface area contributed by atoms with Gasteiger partial charge in [0.1, 0.15) is 0 Å². The van der Waals surface area contributed by atoms with Gasteiger partial charge in [-0.3, -0.25) is 4.98 Å². The molecule has 0 fully saturated rings. The lowest BCUT2D eigenvalue weighted by Crippen LogP contribution is -2.22. The normalized spacial score (nSPS) is 12.4. The fourth-order valence-corrected chi connectivity index (χ4v) is 2.24. The first-order valence-corrected chi connectivity index (χ1v) is 6.96. The number of pyridine rings is 1. The molecule has 18 heavy (non-hydrogen) atoms. The topological polar surface area (TPSA) is 24.9 Å². The number of aryl methyl sites for hydroxylation is 2. The van der Waals surface area contributed by atoms with Crippen molar-refractivity contribution in [2.24, 2.45) is 0 Å².